The molecule has 1 amide bonds. The molecule has 3 rings (SSSR count). The van der Waals surface area contributed by atoms with E-state index in [-0.39, 0.29) is 50.7 Å². The maximum Gasteiger partial charge on any atom is 0.522 e. The van der Waals surface area contributed by atoms with Gasteiger partial charge in [0, 0.05) is 17.9 Å². The van der Waals surface area contributed by atoms with Crippen molar-refractivity contribution in [3.63, 3.8) is 0 Å². The number of benzene rings is 1. The first kappa shape index (κ1) is 25.0. The summed E-state index contributed by atoms with van der Waals surface area (Å²) in [5.74, 6) is 0.242. The van der Waals surface area contributed by atoms with Gasteiger partial charge in [-0.15, -0.1) is 13.2 Å². The lowest BCUT2D eigenvalue weighted by Crippen LogP contribution is -2.53. The Kier molecular flexibility index (Phi) is 8.26. The monoisotopic (exact) mass is 481 g/mol. The number of ether oxygens (including phenoxy) is 4. The van der Waals surface area contributed by atoms with Gasteiger partial charge < -0.3 is 24.6 Å². The summed E-state index contributed by atoms with van der Waals surface area (Å²) in [5.41, 5.74) is -1.30. The van der Waals surface area contributed by atoms with Crippen LogP contribution in [0, 0.1) is 0 Å². The summed E-state index contributed by atoms with van der Waals surface area (Å²) in [6.45, 7) is 1.58. The summed E-state index contributed by atoms with van der Waals surface area (Å²) < 4.78 is 57.1. The second-order valence-corrected chi connectivity index (χ2v) is 8.79. The van der Waals surface area contributed by atoms with Gasteiger partial charge in [0.05, 0.1) is 37.6 Å². The first-order valence-corrected chi connectivity index (χ1v) is 10.8. The largest absolute Gasteiger partial charge is 0.522 e. The second kappa shape index (κ2) is 10.6. The minimum atomic E-state index is -4.65. The topological polar surface area (TPSA) is 86.2 Å². The van der Waals surface area contributed by atoms with Crippen molar-refractivity contribution in [1.29, 1.82) is 0 Å². The summed E-state index contributed by atoms with van der Waals surface area (Å²) in [6, 6.07) is 6.46. The van der Waals surface area contributed by atoms with Gasteiger partial charge in [-0.05, 0) is 44.0 Å². The summed E-state index contributed by atoms with van der Waals surface area (Å²) in [5, 5.41) is 14.1. The molecule has 0 spiro atoms. The molecule has 7 nitrogen and oxygen atoms in total. The zero-order valence-electron chi connectivity index (χ0n) is 17.6. The molecule has 0 bridgehead atoms. The summed E-state index contributed by atoms with van der Waals surface area (Å²) in [7, 11) is 0. The highest BCUT2D eigenvalue weighted by molar-refractivity contribution is 6.30. The van der Waals surface area contributed by atoms with E-state index in [0.29, 0.717) is 23.6 Å². The predicted molar refractivity (Wildman–Crippen MR) is 108 cm³/mol. The number of halogens is 4. The van der Waals surface area contributed by atoms with E-state index in [1.165, 1.54) is 0 Å². The van der Waals surface area contributed by atoms with Crippen LogP contribution >= 0.6 is 11.6 Å². The van der Waals surface area contributed by atoms with Crippen LogP contribution in [0.3, 0.4) is 0 Å². The highest BCUT2D eigenvalue weighted by Gasteiger charge is 2.42. The van der Waals surface area contributed by atoms with Crippen molar-refractivity contribution in [2.24, 2.45) is 0 Å². The average molecular weight is 482 g/mol. The van der Waals surface area contributed by atoms with Gasteiger partial charge in [0.15, 0.2) is 6.61 Å². The van der Waals surface area contributed by atoms with Crippen LogP contribution in [0.2, 0.25) is 5.02 Å². The molecule has 0 aromatic heterocycles. The minimum absolute atomic E-state index is 0.0625. The van der Waals surface area contributed by atoms with E-state index in [9.17, 15) is 23.1 Å². The maximum absolute atomic E-state index is 12.2. The Hall–Kier alpha value is -1.59. The SMILES string of the molecule is C[C@@](O)(CO[C@H]1C[C@@H](OC(F)(F)F)C1)[C@H]1CC[C@H](NC(=O)COc2ccc(Cl)cc2)CO1. The van der Waals surface area contributed by atoms with Crippen molar-refractivity contribution < 1.29 is 42.0 Å². The predicted octanol–water partition coefficient (Wildman–Crippen LogP) is 3.22. The van der Waals surface area contributed by atoms with Gasteiger partial charge in [-0.3, -0.25) is 9.53 Å². The van der Waals surface area contributed by atoms with Crippen molar-refractivity contribution in [2.45, 2.75) is 68.9 Å². The van der Waals surface area contributed by atoms with Gasteiger partial charge in [0.2, 0.25) is 0 Å². The van der Waals surface area contributed by atoms with Gasteiger partial charge >= 0.3 is 6.36 Å². The number of rotatable bonds is 9. The van der Waals surface area contributed by atoms with Crippen LogP contribution in [-0.2, 0) is 19.0 Å². The molecule has 1 saturated heterocycles. The Morgan fingerprint density at radius 2 is 1.91 bits per heavy atom. The zero-order valence-corrected chi connectivity index (χ0v) is 18.3. The molecule has 2 aliphatic rings. The normalized spacial score (nSPS) is 27.8. The highest BCUT2D eigenvalue weighted by atomic mass is 35.5. The average Bonchev–Trinajstić information content (AvgIpc) is 2.69. The molecule has 1 heterocycles. The molecule has 180 valence electrons. The molecule has 1 aliphatic heterocycles. The van der Waals surface area contributed by atoms with Gasteiger partial charge in [0.25, 0.3) is 5.91 Å². The molecule has 3 atom stereocenters. The lowest BCUT2D eigenvalue weighted by atomic mass is 9.90. The molecule has 1 aromatic rings. The lowest BCUT2D eigenvalue weighted by Gasteiger charge is -2.41. The van der Waals surface area contributed by atoms with Crippen LogP contribution < -0.4 is 10.1 Å². The van der Waals surface area contributed by atoms with Crippen molar-refractivity contribution in [1.82, 2.24) is 5.32 Å². The van der Waals surface area contributed by atoms with Crippen LogP contribution in [0.5, 0.6) is 5.75 Å². The Bertz CT molecular complexity index is 747. The smallest absolute Gasteiger partial charge is 0.484 e. The number of hydrogen-bond donors (Lipinski definition) is 2. The minimum Gasteiger partial charge on any atom is -0.484 e. The Morgan fingerprint density at radius 1 is 1.22 bits per heavy atom. The van der Waals surface area contributed by atoms with Crippen molar-refractivity contribution in [3.8, 4) is 5.75 Å². The van der Waals surface area contributed by atoms with Crippen LogP contribution in [0.1, 0.15) is 32.6 Å². The molecule has 1 aliphatic carbocycles. The van der Waals surface area contributed by atoms with Gasteiger partial charge in [-0.25, -0.2) is 0 Å². The molecule has 2 fully saturated rings. The third-order valence-corrected chi connectivity index (χ3v) is 5.73. The summed E-state index contributed by atoms with van der Waals surface area (Å²) in [4.78, 5) is 12.1. The molecule has 0 radical (unpaired) electrons. The molecule has 32 heavy (non-hydrogen) atoms. The van der Waals surface area contributed by atoms with Crippen molar-refractivity contribution in [2.75, 3.05) is 19.8 Å². The quantitative estimate of drug-likeness (QED) is 0.563. The van der Waals surface area contributed by atoms with Crippen LogP contribution in [0.15, 0.2) is 24.3 Å². The van der Waals surface area contributed by atoms with Gasteiger partial charge in [-0.2, -0.15) is 0 Å². The highest BCUT2D eigenvalue weighted by Crippen LogP contribution is 2.33. The van der Waals surface area contributed by atoms with E-state index >= 15 is 0 Å². The van der Waals surface area contributed by atoms with E-state index in [1.54, 1.807) is 31.2 Å². The zero-order chi connectivity index (χ0) is 23.4. The number of carbonyl (C=O) groups excluding carboxylic acids is 1. The molecular formula is C21H27ClF3NO6. The number of hydrogen-bond acceptors (Lipinski definition) is 6. The summed E-state index contributed by atoms with van der Waals surface area (Å²) in [6.07, 6.45) is -5.09. The number of aliphatic hydroxyl groups is 1. The van der Waals surface area contributed by atoms with E-state index in [4.69, 9.17) is 25.8 Å². The standard InChI is InChI=1S/C21H27ClF3NO6/c1-20(28,12-31-16-8-17(9-16)32-21(23,24)25)18-7-4-14(10-30-18)26-19(27)11-29-15-5-2-13(22)3-6-15/h2-3,5-6,14,16-18,28H,4,7-12H2,1H3,(H,26,27)/t14-,16-,17+,18+,20+/m0/s1. The Morgan fingerprint density at radius 3 is 2.50 bits per heavy atom. The Balaban J connectivity index is 1.32. The first-order chi connectivity index (χ1) is 15.0. The van der Waals surface area contributed by atoms with E-state index in [0.717, 1.165) is 0 Å². The number of alkyl halides is 3. The van der Waals surface area contributed by atoms with E-state index < -0.39 is 24.2 Å². The number of amides is 1. The molecule has 1 aromatic carbocycles. The van der Waals surface area contributed by atoms with Crippen LogP contribution in [0.4, 0.5) is 13.2 Å². The molecule has 2 N–H and O–H groups in total. The fraction of sp³-hybridized carbons (Fsp3) is 0.667. The van der Waals surface area contributed by atoms with Crippen molar-refractivity contribution >= 4 is 17.5 Å². The maximum atomic E-state index is 12.2. The Labute approximate surface area is 189 Å². The van der Waals surface area contributed by atoms with Gasteiger partial charge in [-0.1, -0.05) is 11.6 Å². The van der Waals surface area contributed by atoms with Crippen LogP contribution in [-0.4, -0.2) is 67.2 Å². The fourth-order valence-corrected chi connectivity index (χ4v) is 3.75. The van der Waals surface area contributed by atoms with E-state index in [1.807, 2.05) is 0 Å². The molecule has 0 unspecified atom stereocenters. The lowest BCUT2D eigenvalue weighted by molar-refractivity contribution is -0.358. The van der Waals surface area contributed by atoms with Crippen molar-refractivity contribution in [3.05, 3.63) is 29.3 Å². The third-order valence-electron chi connectivity index (χ3n) is 5.48. The van der Waals surface area contributed by atoms with Gasteiger partial charge in [0.1, 0.15) is 11.4 Å². The van der Waals surface area contributed by atoms with Crippen LogP contribution in [0.25, 0.3) is 0 Å². The third kappa shape index (κ3) is 7.77. The molecular weight excluding hydrogens is 455 g/mol. The molecule has 1 saturated carbocycles. The first-order valence-electron chi connectivity index (χ1n) is 10.4. The summed E-state index contributed by atoms with van der Waals surface area (Å²) >= 11 is 5.80. The number of carbonyl (C=O) groups is 1. The fourth-order valence-electron chi connectivity index (χ4n) is 3.62. The molecule has 11 heteroatoms. The number of nitrogens with one attached hydrogen (secondary N) is 1. The second-order valence-electron chi connectivity index (χ2n) is 8.35. The van der Waals surface area contributed by atoms with E-state index in [2.05, 4.69) is 10.1 Å².